The smallest absolute Gasteiger partial charge is 0.0238 e. The fourth-order valence-electron chi connectivity index (χ4n) is 2.07. The Morgan fingerprint density at radius 1 is 1.07 bits per heavy atom. The van der Waals surface area contributed by atoms with Crippen molar-refractivity contribution in [3.05, 3.63) is 5.92 Å². The van der Waals surface area contributed by atoms with Gasteiger partial charge in [-0.05, 0) is 30.1 Å². The predicted octanol–water partition coefficient (Wildman–Crippen LogP) is 5.09. The zero-order valence-corrected chi connectivity index (χ0v) is 11.1. The topological polar surface area (TPSA) is 0 Å². The van der Waals surface area contributed by atoms with Crippen molar-refractivity contribution < 1.29 is 0 Å². The van der Waals surface area contributed by atoms with Crippen LogP contribution >= 0.6 is 0 Å². The summed E-state index contributed by atoms with van der Waals surface area (Å²) in [4.78, 5) is 0. The Morgan fingerprint density at radius 3 is 2.07 bits per heavy atom. The molecule has 0 aliphatic rings. The molecule has 0 spiro atoms. The molecule has 1 radical (unpaired) electrons. The van der Waals surface area contributed by atoms with Gasteiger partial charge in [-0.25, -0.2) is 0 Å². The van der Waals surface area contributed by atoms with Crippen LogP contribution in [-0.4, -0.2) is 0 Å². The maximum atomic E-state index is 2.40. The fourth-order valence-corrected chi connectivity index (χ4v) is 2.07. The summed E-state index contributed by atoms with van der Waals surface area (Å²) in [5.41, 5.74) is 0. The Labute approximate surface area is 91.5 Å². The molecule has 0 heterocycles. The first-order chi connectivity index (χ1) is 6.52. The van der Waals surface area contributed by atoms with Gasteiger partial charge in [0.15, 0.2) is 0 Å². The van der Waals surface area contributed by atoms with Gasteiger partial charge in [0, 0.05) is 0 Å². The fraction of sp³-hybridized carbons (Fsp3) is 0.929. The average molecular weight is 197 g/mol. The summed E-state index contributed by atoms with van der Waals surface area (Å²) in [5.74, 6) is 4.25. The van der Waals surface area contributed by atoms with Crippen LogP contribution in [0.4, 0.5) is 0 Å². The minimum atomic E-state index is 0.809. The lowest BCUT2D eigenvalue weighted by molar-refractivity contribution is 0.343. The molecule has 0 fully saturated rings. The molecule has 0 saturated carbocycles. The Bertz CT molecular complexity index is 128. The Balaban J connectivity index is 3.90. The van der Waals surface area contributed by atoms with E-state index in [-0.39, 0.29) is 0 Å². The molecule has 0 aliphatic carbocycles. The molecule has 0 heteroatoms. The van der Waals surface area contributed by atoms with Crippen molar-refractivity contribution >= 4 is 0 Å². The normalized spacial score (nSPS) is 18.2. The van der Waals surface area contributed by atoms with Crippen molar-refractivity contribution in [1.82, 2.24) is 0 Å². The van der Waals surface area contributed by atoms with Crippen LogP contribution in [-0.2, 0) is 0 Å². The Hall–Kier alpha value is 0. The molecule has 0 rings (SSSR count). The largest absolute Gasteiger partial charge is 0.0654 e. The van der Waals surface area contributed by atoms with Crippen molar-refractivity contribution in [3.63, 3.8) is 0 Å². The summed E-state index contributed by atoms with van der Waals surface area (Å²) in [7, 11) is 0. The standard InChI is InChI=1S/C14H29/c1-7-9-12(4)14(6)13(5)10-11(3)8-2/h11-12,14H,7-10H2,1-6H3. The highest BCUT2D eigenvalue weighted by molar-refractivity contribution is 4.92. The molecule has 0 N–H and O–H groups in total. The summed E-state index contributed by atoms with van der Waals surface area (Å²) >= 11 is 0. The molecule has 0 saturated heterocycles. The van der Waals surface area contributed by atoms with Crippen LogP contribution in [0.15, 0.2) is 0 Å². The molecule has 85 valence electrons. The molecule has 3 atom stereocenters. The summed E-state index contributed by atoms with van der Waals surface area (Å²) in [6.45, 7) is 14.1. The van der Waals surface area contributed by atoms with E-state index < -0.39 is 0 Å². The average Bonchev–Trinajstić information content (AvgIpc) is 2.16. The van der Waals surface area contributed by atoms with Gasteiger partial charge < -0.3 is 0 Å². The molecule has 0 aromatic carbocycles. The first-order valence-electron chi connectivity index (χ1n) is 6.35. The van der Waals surface area contributed by atoms with Crippen LogP contribution in [0.25, 0.3) is 0 Å². The van der Waals surface area contributed by atoms with Crippen molar-refractivity contribution in [2.75, 3.05) is 0 Å². The maximum absolute atomic E-state index is 2.40. The molecule has 14 heavy (non-hydrogen) atoms. The predicted molar refractivity (Wildman–Crippen MR) is 66.2 cm³/mol. The second kappa shape index (κ2) is 7.31. The monoisotopic (exact) mass is 197 g/mol. The minimum Gasteiger partial charge on any atom is -0.0654 e. The van der Waals surface area contributed by atoms with Crippen LogP contribution in [0, 0.1) is 23.7 Å². The highest BCUT2D eigenvalue weighted by Gasteiger charge is 2.20. The van der Waals surface area contributed by atoms with Crippen LogP contribution in [0.2, 0.25) is 0 Å². The molecule has 0 bridgehead atoms. The van der Waals surface area contributed by atoms with Gasteiger partial charge in [0.05, 0.1) is 0 Å². The first kappa shape index (κ1) is 14.0. The lowest BCUT2D eigenvalue weighted by Crippen LogP contribution is -2.16. The van der Waals surface area contributed by atoms with Crippen LogP contribution in [0.5, 0.6) is 0 Å². The zero-order chi connectivity index (χ0) is 11.1. The van der Waals surface area contributed by atoms with Gasteiger partial charge in [0.25, 0.3) is 0 Å². The molecule has 0 amide bonds. The number of rotatable bonds is 7. The Morgan fingerprint density at radius 2 is 1.64 bits per heavy atom. The van der Waals surface area contributed by atoms with Gasteiger partial charge >= 0.3 is 0 Å². The van der Waals surface area contributed by atoms with E-state index in [0.29, 0.717) is 0 Å². The van der Waals surface area contributed by atoms with Gasteiger partial charge in [-0.2, -0.15) is 0 Å². The molecule has 0 aliphatic heterocycles. The summed E-state index contributed by atoms with van der Waals surface area (Å²) in [6.07, 6.45) is 5.33. The summed E-state index contributed by atoms with van der Waals surface area (Å²) < 4.78 is 0. The summed E-state index contributed by atoms with van der Waals surface area (Å²) in [5, 5.41) is 0. The molecule has 0 aromatic heterocycles. The van der Waals surface area contributed by atoms with Gasteiger partial charge in [0.2, 0.25) is 0 Å². The van der Waals surface area contributed by atoms with Crippen molar-refractivity contribution in [1.29, 1.82) is 0 Å². The molecule has 0 aromatic rings. The van der Waals surface area contributed by atoms with E-state index in [9.17, 15) is 0 Å². The van der Waals surface area contributed by atoms with E-state index in [1.165, 1.54) is 25.7 Å². The summed E-state index contributed by atoms with van der Waals surface area (Å²) in [6, 6.07) is 0. The van der Waals surface area contributed by atoms with E-state index in [0.717, 1.165) is 17.8 Å². The van der Waals surface area contributed by atoms with E-state index in [4.69, 9.17) is 0 Å². The third-order valence-electron chi connectivity index (χ3n) is 3.74. The van der Waals surface area contributed by atoms with Crippen LogP contribution in [0.1, 0.15) is 67.2 Å². The quantitative estimate of drug-likeness (QED) is 0.533. The minimum absolute atomic E-state index is 0.809. The van der Waals surface area contributed by atoms with E-state index in [1.54, 1.807) is 5.92 Å². The second-order valence-corrected chi connectivity index (χ2v) is 5.12. The van der Waals surface area contributed by atoms with Gasteiger partial charge in [0.1, 0.15) is 0 Å². The third-order valence-corrected chi connectivity index (χ3v) is 3.74. The van der Waals surface area contributed by atoms with Crippen LogP contribution in [0.3, 0.4) is 0 Å². The lowest BCUT2D eigenvalue weighted by Gasteiger charge is -2.27. The van der Waals surface area contributed by atoms with Crippen molar-refractivity contribution in [3.8, 4) is 0 Å². The van der Waals surface area contributed by atoms with Crippen molar-refractivity contribution in [2.45, 2.75) is 67.2 Å². The van der Waals surface area contributed by atoms with Gasteiger partial charge in [-0.3, -0.25) is 0 Å². The van der Waals surface area contributed by atoms with Gasteiger partial charge in [-0.15, -0.1) is 0 Å². The Kier molecular flexibility index (Phi) is 7.31. The SMILES string of the molecule is CCCC(C)C(C)[C](C)CC(C)CC. The lowest BCUT2D eigenvalue weighted by atomic mass is 9.78. The maximum Gasteiger partial charge on any atom is -0.0238 e. The number of hydrogen-bond donors (Lipinski definition) is 0. The highest BCUT2D eigenvalue weighted by atomic mass is 14.2. The zero-order valence-electron chi connectivity index (χ0n) is 11.1. The first-order valence-corrected chi connectivity index (χ1v) is 6.35. The molecule has 0 nitrogen and oxygen atoms in total. The van der Waals surface area contributed by atoms with E-state index in [2.05, 4.69) is 41.5 Å². The van der Waals surface area contributed by atoms with E-state index in [1.807, 2.05) is 0 Å². The van der Waals surface area contributed by atoms with Crippen molar-refractivity contribution in [2.24, 2.45) is 17.8 Å². The van der Waals surface area contributed by atoms with Crippen LogP contribution < -0.4 is 0 Å². The number of hydrogen-bond acceptors (Lipinski definition) is 0. The molecule has 3 unspecified atom stereocenters. The second-order valence-electron chi connectivity index (χ2n) is 5.12. The molecular weight excluding hydrogens is 168 g/mol. The third kappa shape index (κ3) is 5.02. The van der Waals surface area contributed by atoms with Gasteiger partial charge in [-0.1, -0.05) is 60.8 Å². The highest BCUT2D eigenvalue weighted by Crippen LogP contribution is 2.30. The molecular formula is C14H29. The van der Waals surface area contributed by atoms with E-state index >= 15 is 0 Å².